The Hall–Kier alpha value is -1.61. The molecule has 0 aliphatic rings. The van der Waals surface area contributed by atoms with Crippen molar-refractivity contribution in [1.82, 2.24) is 0 Å². The molecule has 0 amide bonds. The Balaban J connectivity index is 1.92. The summed E-state index contributed by atoms with van der Waals surface area (Å²) in [4.78, 5) is 13.5. The lowest BCUT2D eigenvalue weighted by molar-refractivity contribution is 0.0979. The maximum absolute atomic E-state index is 12.2. The molecule has 0 saturated heterocycles. The van der Waals surface area contributed by atoms with Gasteiger partial charge in [0.15, 0.2) is 5.78 Å². The minimum absolute atomic E-state index is 0.219. The number of Topliss-reactive ketones (excluding diaryl/α,β-unsaturated/α-hetero) is 1. The Labute approximate surface area is 118 Å². The summed E-state index contributed by atoms with van der Waals surface area (Å²) >= 11 is 1.75. The zero-order valence-corrected chi connectivity index (χ0v) is 12.1. The molecule has 0 aliphatic carbocycles. The molecule has 0 unspecified atom stereocenters. The van der Waals surface area contributed by atoms with Crippen molar-refractivity contribution in [1.29, 1.82) is 0 Å². The Kier molecular flexibility index (Phi) is 4.74. The second-order valence-electron chi connectivity index (χ2n) is 4.54. The fourth-order valence-electron chi connectivity index (χ4n) is 2.09. The summed E-state index contributed by atoms with van der Waals surface area (Å²) in [6, 6.07) is 9.79. The van der Waals surface area contributed by atoms with Crippen LogP contribution in [0.3, 0.4) is 0 Å². The van der Waals surface area contributed by atoms with Gasteiger partial charge in [0.2, 0.25) is 0 Å². The number of rotatable bonds is 6. The molecule has 2 rings (SSSR count). The van der Waals surface area contributed by atoms with Gasteiger partial charge in [0.1, 0.15) is 5.75 Å². The molecule has 2 aromatic rings. The zero-order valence-electron chi connectivity index (χ0n) is 11.3. The van der Waals surface area contributed by atoms with Gasteiger partial charge >= 0.3 is 0 Å². The van der Waals surface area contributed by atoms with Crippen LogP contribution < -0.4 is 4.74 Å². The molecule has 0 aliphatic heterocycles. The normalized spacial score (nSPS) is 10.4. The molecule has 0 spiro atoms. The van der Waals surface area contributed by atoms with E-state index in [0.717, 1.165) is 29.7 Å². The largest absolute Gasteiger partial charge is 0.497 e. The number of carbonyl (C=O) groups is 1. The second-order valence-corrected chi connectivity index (χ2v) is 5.57. The standard InChI is InChI=1S/C16H18O2S/c1-12-11-13(18-2)8-9-15(12)16(17)7-3-5-14-6-4-10-19-14/h4,6,8-11H,3,5,7H2,1-2H3. The maximum Gasteiger partial charge on any atom is 0.163 e. The van der Waals surface area contributed by atoms with Gasteiger partial charge in [0.25, 0.3) is 0 Å². The second kappa shape index (κ2) is 6.53. The van der Waals surface area contributed by atoms with Crippen molar-refractivity contribution in [3.63, 3.8) is 0 Å². The van der Waals surface area contributed by atoms with Crippen LogP contribution in [-0.2, 0) is 6.42 Å². The predicted molar refractivity (Wildman–Crippen MR) is 79.3 cm³/mol. The van der Waals surface area contributed by atoms with Crippen molar-refractivity contribution in [3.8, 4) is 5.75 Å². The topological polar surface area (TPSA) is 26.3 Å². The Morgan fingerprint density at radius 3 is 2.79 bits per heavy atom. The minimum Gasteiger partial charge on any atom is -0.497 e. The van der Waals surface area contributed by atoms with Crippen molar-refractivity contribution in [3.05, 3.63) is 51.7 Å². The van der Waals surface area contributed by atoms with E-state index in [1.807, 2.05) is 25.1 Å². The van der Waals surface area contributed by atoms with Crippen LogP contribution in [0.1, 0.15) is 33.6 Å². The maximum atomic E-state index is 12.2. The first-order chi connectivity index (χ1) is 9.20. The Morgan fingerprint density at radius 1 is 1.32 bits per heavy atom. The lowest BCUT2D eigenvalue weighted by Crippen LogP contribution is -2.02. The average molecular weight is 274 g/mol. The molecule has 1 aromatic carbocycles. The highest BCUT2D eigenvalue weighted by Gasteiger charge is 2.09. The van der Waals surface area contributed by atoms with E-state index in [0.29, 0.717) is 6.42 Å². The summed E-state index contributed by atoms with van der Waals surface area (Å²) in [5.41, 5.74) is 1.80. The van der Waals surface area contributed by atoms with Crippen molar-refractivity contribution in [2.24, 2.45) is 0 Å². The summed E-state index contributed by atoms with van der Waals surface area (Å²) in [6.07, 6.45) is 2.49. The van der Waals surface area contributed by atoms with Crippen LogP contribution in [0.2, 0.25) is 0 Å². The predicted octanol–water partition coefficient (Wildman–Crippen LogP) is 4.27. The number of hydrogen-bond donors (Lipinski definition) is 0. The molecular formula is C16H18O2S. The van der Waals surface area contributed by atoms with Crippen molar-refractivity contribution in [2.75, 3.05) is 7.11 Å². The highest BCUT2D eigenvalue weighted by molar-refractivity contribution is 7.09. The number of ether oxygens (including phenoxy) is 1. The molecule has 1 aromatic heterocycles. The highest BCUT2D eigenvalue weighted by Crippen LogP contribution is 2.19. The molecule has 0 N–H and O–H groups in total. The van der Waals surface area contributed by atoms with E-state index >= 15 is 0 Å². The summed E-state index contributed by atoms with van der Waals surface area (Å²) in [5.74, 6) is 1.02. The molecule has 2 nitrogen and oxygen atoms in total. The first kappa shape index (κ1) is 13.8. The number of aryl methyl sites for hydroxylation is 2. The van der Waals surface area contributed by atoms with Gasteiger partial charge in [0.05, 0.1) is 7.11 Å². The molecule has 0 saturated carbocycles. The van der Waals surface area contributed by atoms with Gasteiger partial charge in [0, 0.05) is 16.9 Å². The van der Waals surface area contributed by atoms with E-state index in [4.69, 9.17) is 4.74 Å². The smallest absolute Gasteiger partial charge is 0.163 e. The Bertz CT molecular complexity index is 544. The Morgan fingerprint density at radius 2 is 2.16 bits per heavy atom. The van der Waals surface area contributed by atoms with Crippen LogP contribution >= 0.6 is 11.3 Å². The zero-order chi connectivity index (χ0) is 13.7. The van der Waals surface area contributed by atoms with Crippen LogP contribution in [-0.4, -0.2) is 12.9 Å². The number of benzene rings is 1. The van der Waals surface area contributed by atoms with Crippen LogP contribution in [0.15, 0.2) is 35.7 Å². The number of ketones is 1. The number of carbonyl (C=O) groups excluding carboxylic acids is 1. The average Bonchev–Trinajstić information content (AvgIpc) is 2.91. The van der Waals surface area contributed by atoms with E-state index < -0.39 is 0 Å². The first-order valence-corrected chi connectivity index (χ1v) is 7.29. The van der Waals surface area contributed by atoms with Gasteiger partial charge in [-0.2, -0.15) is 0 Å². The van der Waals surface area contributed by atoms with Gasteiger partial charge in [-0.15, -0.1) is 11.3 Å². The van der Waals surface area contributed by atoms with Crippen molar-refractivity contribution in [2.45, 2.75) is 26.2 Å². The van der Waals surface area contributed by atoms with Gasteiger partial charge in [-0.25, -0.2) is 0 Å². The third-order valence-electron chi connectivity index (χ3n) is 3.14. The van der Waals surface area contributed by atoms with Gasteiger partial charge < -0.3 is 4.74 Å². The van der Waals surface area contributed by atoms with Crippen LogP contribution in [0.4, 0.5) is 0 Å². The molecule has 1 heterocycles. The number of thiophene rings is 1. The number of hydrogen-bond acceptors (Lipinski definition) is 3. The molecule has 0 radical (unpaired) electrons. The fourth-order valence-corrected chi connectivity index (χ4v) is 2.84. The van der Waals surface area contributed by atoms with E-state index in [-0.39, 0.29) is 5.78 Å². The molecule has 0 fully saturated rings. The third-order valence-corrected chi connectivity index (χ3v) is 4.08. The first-order valence-electron chi connectivity index (χ1n) is 6.41. The fraction of sp³-hybridized carbons (Fsp3) is 0.312. The molecule has 100 valence electrons. The SMILES string of the molecule is COc1ccc(C(=O)CCCc2cccs2)c(C)c1. The summed E-state index contributed by atoms with van der Waals surface area (Å²) in [6.45, 7) is 1.95. The lowest BCUT2D eigenvalue weighted by Gasteiger charge is -2.07. The molecular weight excluding hydrogens is 256 g/mol. The lowest BCUT2D eigenvalue weighted by atomic mass is 10.0. The summed E-state index contributed by atoms with van der Waals surface area (Å²) < 4.78 is 5.15. The molecule has 3 heteroatoms. The molecule has 0 bridgehead atoms. The van der Waals surface area contributed by atoms with E-state index in [9.17, 15) is 4.79 Å². The van der Waals surface area contributed by atoms with Gasteiger partial charge in [-0.05, 0) is 55.0 Å². The molecule has 0 atom stereocenters. The van der Waals surface area contributed by atoms with E-state index in [1.165, 1.54) is 4.88 Å². The quantitative estimate of drug-likeness (QED) is 0.735. The van der Waals surface area contributed by atoms with E-state index in [1.54, 1.807) is 18.4 Å². The minimum atomic E-state index is 0.219. The number of methoxy groups -OCH3 is 1. The van der Waals surface area contributed by atoms with E-state index in [2.05, 4.69) is 17.5 Å². The summed E-state index contributed by atoms with van der Waals surface area (Å²) in [5, 5.41) is 2.07. The van der Waals surface area contributed by atoms with Crippen molar-refractivity contribution < 1.29 is 9.53 Å². The third kappa shape index (κ3) is 3.67. The summed E-state index contributed by atoms with van der Waals surface area (Å²) in [7, 11) is 1.64. The molecule has 19 heavy (non-hydrogen) atoms. The van der Waals surface area contributed by atoms with Crippen LogP contribution in [0.25, 0.3) is 0 Å². The van der Waals surface area contributed by atoms with Crippen LogP contribution in [0, 0.1) is 6.92 Å². The van der Waals surface area contributed by atoms with Gasteiger partial charge in [-0.1, -0.05) is 6.07 Å². The monoisotopic (exact) mass is 274 g/mol. The highest BCUT2D eigenvalue weighted by atomic mass is 32.1. The van der Waals surface area contributed by atoms with Crippen molar-refractivity contribution >= 4 is 17.1 Å². The van der Waals surface area contributed by atoms with Gasteiger partial charge in [-0.3, -0.25) is 4.79 Å². The van der Waals surface area contributed by atoms with Crippen LogP contribution in [0.5, 0.6) is 5.75 Å².